The number of likely N-dealkylation sites (N-methyl/N-ethyl adjacent to an activating group) is 1. The summed E-state index contributed by atoms with van der Waals surface area (Å²) >= 11 is 0. The molecule has 2 N–H and O–H groups in total. The fourth-order valence-electron chi connectivity index (χ4n) is 9.48. The van der Waals surface area contributed by atoms with Gasteiger partial charge in [-0.3, -0.25) is 18.6 Å². The molecule has 3 atom stereocenters. The number of hydrogen-bond donors (Lipinski definition) is 2. The summed E-state index contributed by atoms with van der Waals surface area (Å²) in [7, 11) is 1.50. The normalized spacial score (nSPS) is 13.9. The molecule has 1 amide bonds. The summed E-state index contributed by atoms with van der Waals surface area (Å²) in [5.41, 5.74) is 0. The van der Waals surface area contributed by atoms with Gasteiger partial charge < -0.3 is 19.4 Å². The van der Waals surface area contributed by atoms with E-state index in [0.717, 1.165) is 70.6 Å². The summed E-state index contributed by atoms with van der Waals surface area (Å²) in [6, 6.07) is -0.848. The number of ether oxygens (including phenoxy) is 1. The number of esters is 1. The number of carbonyl (C=O) groups excluding carboxylic acids is 2. The maximum absolute atomic E-state index is 13.6. The smallest absolute Gasteiger partial charge is 0.456 e. The van der Waals surface area contributed by atoms with Crippen LogP contribution in [0, 0.1) is 0 Å². The van der Waals surface area contributed by atoms with Crippen molar-refractivity contribution in [2.24, 2.45) is 0 Å². The van der Waals surface area contributed by atoms with Crippen molar-refractivity contribution in [2.75, 3.05) is 40.9 Å². The van der Waals surface area contributed by atoms with Gasteiger partial charge in [-0.15, -0.1) is 0 Å². The van der Waals surface area contributed by atoms with E-state index in [1.807, 2.05) is 33.3 Å². The third kappa shape index (κ3) is 56.7. The third-order valence-corrected chi connectivity index (χ3v) is 15.5. The Labute approximate surface area is 471 Å². The highest BCUT2D eigenvalue weighted by molar-refractivity contribution is 7.47. The van der Waals surface area contributed by atoms with Gasteiger partial charge in [-0.05, 0) is 70.3 Å². The van der Waals surface area contributed by atoms with Gasteiger partial charge in [-0.1, -0.05) is 275 Å². The first-order valence-corrected chi connectivity index (χ1v) is 34.0. The first-order valence-electron chi connectivity index (χ1n) is 32.5. The van der Waals surface area contributed by atoms with Crippen LogP contribution in [0.4, 0.5) is 0 Å². The largest absolute Gasteiger partial charge is 0.472 e. The van der Waals surface area contributed by atoms with Gasteiger partial charge in [0.25, 0.3) is 0 Å². The number of quaternary nitrogens is 1. The predicted molar refractivity (Wildman–Crippen MR) is 328 cm³/mol. The average Bonchev–Trinajstić information content (AvgIpc) is 3.38. The number of amides is 1. The molecule has 0 radical (unpaired) electrons. The van der Waals surface area contributed by atoms with Gasteiger partial charge in [0.1, 0.15) is 19.3 Å². The van der Waals surface area contributed by atoms with E-state index in [4.69, 9.17) is 13.8 Å². The van der Waals surface area contributed by atoms with Crippen LogP contribution < -0.4 is 5.32 Å². The van der Waals surface area contributed by atoms with Crippen molar-refractivity contribution < 1.29 is 37.3 Å². The summed E-state index contributed by atoms with van der Waals surface area (Å²) in [6.07, 6.45) is 69.6. The summed E-state index contributed by atoms with van der Waals surface area (Å²) in [6.45, 7) is 7.02. The van der Waals surface area contributed by atoms with Crippen LogP contribution in [-0.2, 0) is 27.9 Å². The van der Waals surface area contributed by atoms with E-state index in [-0.39, 0.29) is 25.1 Å². The topological polar surface area (TPSA) is 111 Å². The van der Waals surface area contributed by atoms with E-state index >= 15 is 0 Å². The van der Waals surface area contributed by atoms with E-state index in [2.05, 4.69) is 62.5 Å². The summed E-state index contributed by atoms with van der Waals surface area (Å²) in [4.78, 5) is 37.8. The van der Waals surface area contributed by atoms with Crippen LogP contribution in [0.2, 0.25) is 0 Å². The third-order valence-electron chi connectivity index (χ3n) is 14.5. The lowest BCUT2D eigenvalue weighted by Crippen LogP contribution is -2.47. The standard InChI is InChI=1S/C66H125N2O7P/c1-7-10-13-16-19-22-25-28-30-31-32-33-34-35-36-37-38-40-43-46-49-52-55-58-65(69)67-63(62-74-76(71,72)73-61-60-68(4,5)6)64(57-54-51-48-45-42-39-27-24-21-18-15-12-9-3)75-66(70)59-56-53-50-47-44-41-29-26-23-20-17-14-11-8-2/h19,22,28,30,32-33,54,57,63-64H,7-18,20-21,23-27,29,31,34-53,55-56,58-62H2,1-6H3,(H-,67,69,71,72)/p+1/b22-19-,30-28-,33-32-,57-54-. The van der Waals surface area contributed by atoms with Crippen molar-refractivity contribution >= 4 is 19.7 Å². The molecule has 0 saturated heterocycles. The molecular formula is C66H126N2O7P+. The quantitative estimate of drug-likeness (QED) is 0.0205. The van der Waals surface area contributed by atoms with Gasteiger partial charge in [-0.2, -0.15) is 0 Å². The molecule has 0 aromatic carbocycles. The number of hydrogen-bond acceptors (Lipinski definition) is 6. The average molecular weight is 1090 g/mol. The van der Waals surface area contributed by atoms with Crippen molar-refractivity contribution in [1.29, 1.82) is 0 Å². The van der Waals surface area contributed by atoms with Gasteiger partial charge >= 0.3 is 13.8 Å². The first kappa shape index (κ1) is 74.0. The molecule has 0 aromatic rings. The molecule has 0 rings (SSSR count). The Kier molecular flexibility index (Phi) is 54.7. The van der Waals surface area contributed by atoms with E-state index in [1.165, 1.54) is 205 Å². The molecule has 9 nitrogen and oxygen atoms in total. The maximum Gasteiger partial charge on any atom is 0.472 e. The molecule has 446 valence electrons. The highest BCUT2D eigenvalue weighted by Crippen LogP contribution is 2.43. The van der Waals surface area contributed by atoms with Crippen molar-refractivity contribution in [3.63, 3.8) is 0 Å². The molecule has 0 bridgehead atoms. The van der Waals surface area contributed by atoms with Gasteiger partial charge in [0.15, 0.2) is 0 Å². The molecular weight excluding hydrogens is 964 g/mol. The second kappa shape index (κ2) is 56.3. The number of carbonyl (C=O) groups is 2. The molecule has 0 aliphatic carbocycles. The van der Waals surface area contributed by atoms with Gasteiger partial charge in [-0.25, -0.2) is 4.57 Å². The molecule has 3 unspecified atom stereocenters. The van der Waals surface area contributed by atoms with Crippen LogP contribution in [0.25, 0.3) is 0 Å². The molecule has 0 aliphatic heterocycles. The van der Waals surface area contributed by atoms with Crippen molar-refractivity contribution in [1.82, 2.24) is 5.32 Å². The Morgan fingerprint density at radius 2 is 0.803 bits per heavy atom. The summed E-state index contributed by atoms with van der Waals surface area (Å²) in [5.74, 6) is -0.497. The van der Waals surface area contributed by atoms with Crippen LogP contribution in [-0.4, -0.2) is 74.3 Å². The number of phosphoric ester groups is 1. The molecule has 0 aliphatic rings. The highest BCUT2D eigenvalue weighted by Gasteiger charge is 2.30. The van der Waals surface area contributed by atoms with Gasteiger partial charge in [0.2, 0.25) is 5.91 Å². The monoisotopic (exact) mass is 1090 g/mol. The van der Waals surface area contributed by atoms with E-state index in [1.54, 1.807) is 0 Å². The minimum atomic E-state index is -4.45. The zero-order chi connectivity index (χ0) is 55.7. The number of allylic oxidation sites excluding steroid dienone is 7. The van der Waals surface area contributed by atoms with Crippen LogP contribution in [0.1, 0.15) is 310 Å². The second-order valence-corrected chi connectivity index (χ2v) is 24.7. The van der Waals surface area contributed by atoms with Crippen molar-refractivity contribution in [2.45, 2.75) is 322 Å². The minimum Gasteiger partial charge on any atom is -0.456 e. The highest BCUT2D eigenvalue weighted by atomic mass is 31.2. The van der Waals surface area contributed by atoms with Crippen LogP contribution >= 0.6 is 7.82 Å². The lowest BCUT2D eigenvalue weighted by atomic mass is 10.0. The Bertz CT molecular complexity index is 1440. The fourth-order valence-corrected chi connectivity index (χ4v) is 10.2. The van der Waals surface area contributed by atoms with Crippen molar-refractivity contribution in [3.8, 4) is 0 Å². The number of phosphoric acid groups is 1. The molecule has 0 saturated carbocycles. The summed E-state index contributed by atoms with van der Waals surface area (Å²) in [5, 5.41) is 3.06. The van der Waals surface area contributed by atoms with E-state index in [9.17, 15) is 19.0 Å². The molecule has 0 aromatic heterocycles. The summed E-state index contributed by atoms with van der Waals surface area (Å²) < 4.78 is 30.7. The van der Waals surface area contributed by atoms with Crippen LogP contribution in [0.3, 0.4) is 0 Å². The molecule has 10 heteroatoms. The van der Waals surface area contributed by atoms with Crippen molar-refractivity contribution in [3.05, 3.63) is 48.6 Å². The Hall–Kier alpha value is -2.03. The fraction of sp³-hybridized carbons (Fsp3) is 0.848. The maximum atomic E-state index is 13.6. The Balaban J connectivity index is 5.17. The number of nitrogens with zero attached hydrogens (tertiary/aromatic N) is 1. The minimum absolute atomic E-state index is 0.0408. The number of nitrogens with one attached hydrogen (secondary N) is 1. The Morgan fingerprint density at radius 3 is 1.22 bits per heavy atom. The van der Waals surface area contributed by atoms with Crippen LogP contribution in [0.15, 0.2) is 48.6 Å². The second-order valence-electron chi connectivity index (χ2n) is 23.3. The first-order chi connectivity index (χ1) is 36.9. The number of rotatable bonds is 59. The van der Waals surface area contributed by atoms with Gasteiger partial charge in [0, 0.05) is 12.8 Å². The Morgan fingerprint density at radius 1 is 0.461 bits per heavy atom. The number of unbranched alkanes of at least 4 members (excludes halogenated alkanes) is 37. The van der Waals surface area contributed by atoms with E-state index in [0.29, 0.717) is 23.9 Å². The lowest BCUT2D eigenvalue weighted by Gasteiger charge is -2.27. The van der Waals surface area contributed by atoms with Gasteiger partial charge in [0.05, 0.1) is 33.8 Å². The SMILES string of the molecule is CCCCC/C=C\C/C=C\C/C=C\CCCCCCCCCCCCC(=O)NC(COP(=O)(O)OCC[N+](C)(C)C)C(/C=C\CCCCCCCCCCCCC)OC(=O)CCCCCCCCCCCCCCCC. The molecule has 76 heavy (non-hydrogen) atoms. The predicted octanol–water partition coefficient (Wildman–Crippen LogP) is 20.1. The van der Waals surface area contributed by atoms with E-state index < -0.39 is 20.0 Å². The zero-order valence-electron chi connectivity index (χ0n) is 51.0. The lowest BCUT2D eigenvalue weighted by molar-refractivity contribution is -0.870. The zero-order valence-corrected chi connectivity index (χ0v) is 51.9. The molecule has 0 spiro atoms. The van der Waals surface area contributed by atoms with Crippen LogP contribution in [0.5, 0.6) is 0 Å². The molecule has 0 heterocycles. The molecule has 0 fully saturated rings.